The van der Waals surface area contributed by atoms with Gasteiger partial charge in [0.1, 0.15) is 0 Å². The van der Waals surface area contributed by atoms with E-state index in [0.717, 1.165) is 19.6 Å². The van der Waals surface area contributed by atoms with Gasteiger partial charge in [0.2, 0.25) is 0 Å². The number of benzene rings is 1. The summed E-state index contributed by atoms with van der Waals surface area (Å²) in [5.74, 6) is 0. The van der Waals surface area contributed by atoms with Crippen molar-refractivity contribution in [3.05, 3.63) is 34.3 Å². The number of rotatable bonds is 5. The normalized spacial score (nSPS) is 25.8. The van der Waals surface area contributed by atoms with E-state index in [1.807, 2.05) is 6.07 Å². The Hall–Kier alpha value is -0.380. The summed E-state index contributed by atoms with van der Waals surface area (Å²) >= 11 is 3.59. The van der Waals surface area contributed by atoms with Crippen LogP contribution >= 0.6 is 15.9 Å². The molecule has 18 heavy (non-hydrogen) atoms. The molecule has 1 fully saturated rings. The number of ether oxygens (including phenoxy) is 1. The monoisotopic (exact) mass is 311 g/mol. The van der Waals surface area contributed by atoms with Crippen LogP contribution < -0.4 is 5.32 Å². The molecular formula is C15H22BrNO. The molecule has 2 unspecified atom stereocenters. The van der Waals surface area contributed by atoms with Crippen LogP contribution in [0.25, 0.3) is 0 Å². The lowest BCUT2D eigenvalue weighted by Gasteiger charge is -2.52. The molecule has 2 nitrogen and oxygen atoms in total. The standard InChI is InChI=1S/C15H22BrNO/c1-4-18-14-9-13(15(14,2)3)17-10-11-7-5-6-8-12(11)16/h5-8,13-14,17H,4,9-10H2,1-3H3. The first-order chi connectivity index (χ1) is 8.55. The zero-order valence-electron chi connectivity index (χ0n) is 11.4. The Morgan fingerprint density at radius 1 is 1.39 bits per heavy atom. The highest BCUT2D eigenvalue weighted by molar-refractivity contribution is 9.10. The molecule has 1 aliphatic carbocycles. The topological polar surface area (TPSA) is 21.3 Å². The van der Waals surface area contributed by atoms with Crippen LogP contribution in [-0.2, 0) is 11.3 Å². The molecule has 3 heteroatoms. The minimum atomic E-state index is 0.233. The number of hydrogen-bond donors (Lipinski definition) is 1. The molecule has 0 heterocycles. The Morgan fingerprint density at radius 2 is 2.11 bits per heavy atom. The molecule has 0 bridgehead atoms. The maximum Gasteiger partial charge on any atom is 0.0655 e. The van der Waals surface area contributed by atoms with Gasteiger partial charge < -0.3 is 10.1 Å². The molecule has 1 aromatic carbocycles. The second kappa shape index (κ2) is 5.72. The van der Waals surface area contributed by atoms with Gasteiger partial charge in [0.05, 0.1) is 6.10 Å². The van der Waals surface area contributed by atoms with E-state index in [4.69, 9.17) is 4.74 Å². The first-order valence-corrected chi connectivity index (χ1v) is 7.43. The molecule has 0 aliphatic heterocycles. The van der Waals surface area contributed by atoms with E-state index in [-0.39, 0.29) is 5.41 Å². The van der Waals surface area contributed by atoms with Crippen LogP contribution in [0.2, 0.25) is 0 Å². The van der Waals surface area contributed by atoms with Crippen molar-refractivity contribution in [2.45, 2.75) is 45.9 Å². The fourth-order valence-electron chi connectivity index (χ4n) is 2.59. The van der Waals surface area contributed by atoms with Crippen molar-refractivity contribution in [3.63, 3.8) is 0 Å². The smallest absolute Gasteiger partial charge is 0.0655 e. The summed E-state index contributed by atoms with van der Waals surface area (Å²) in [7, 11) is 0. The molecule has 100 valence electrons. The van der Waals surface area contributed by atoms with Gasteiger partial charge in [0.25, 0.3) is 0 Å². The lowest BCUT2D eigenvalue weighted by molar-refractivity contribution is -0.114. The van der Waals surface area contributed by atoms with Crippen LogP contribution in [0.15, 0.2) is 28.7 Å². The molecule has 1 aromatic rings. The third kappa shape index (κ3) is 2.79. The van der Waals surface area contributed by atoms with Gasteiger partial charge in [-0.2, -0.15) is 0 Å². The largest absolute Gasteiger partial charge is 0.378 e. The Labute approximate surface area is 118 Å². The van der Waals surface area contributed by atoms with Crippen molar-refractivity contribution in [1.82, 2.24) is 5.32 Å². The number of hydrogen-bond acceptors (Lipinski definition) is 2. The maximum atomic E-state index is 5.75. The van der Waals surface area contributed by atoms with Gasteiger partial charge in [-0.25, -0.2) is 0 Å². The van der Waals surface area contributed by atoms with Gasteiger partial charge in [-0.1, -0.05) is 48.0 Å². The van der Waals surface area contributed by atoms with E-state index in [1.54, 1.807) is 0 Å². The Bertz CT molecular complexity index is 405. The van der Waals surface area contributed by atoms with Crippen molar-refractivity contribution in [1.29, 1.82) is 0 Å². The summed E-state index contributed by atoms with van der Waals surface area (Å²) in [5.41, 5.74) is 1.55. The number of halogens is 1. The molecule has 0 amide bonds. The second-order valence-electron chi connectivity index (χ2n) is 5.53. The van der Waals surface area contributed by atoms with Crippen molar-refractivity contribution >= 4 is 15.9 Å². The summed E-state index contributed by atoms with van der Waals surface area (Å²) in [6.07, 6.45) is 1.52. The van der Waals surface area contributed by atoms with E-state index in [0.29, 0.717) is 12.1 Å². The van der Waals surface area contributed by atoms with Crippen molar-refractivity contribution in [2.75, 3.05) is 6.61 Å². The minimum absolute atomic E-state index is 0.233. The highest BCUT2D eigenvalue weighted by atomic mass is 79.9. The summed E-state index contributed by atoms with van der Waals surface area (Å²) in [5, 5.41) is 3.64. The average molecular weight is 312 g/mol. The first kappa shape index (κ1) is 14.0. The minimum Gasteiger partial charge on any atom is -0.378 e. The second-order valence-corrected chi connectivity index (χ2v) is 6.38. The van der Waals surface area contributed by atoms with Crippen molar-refractivity contribution < 1.29 is 4.74 Å². The summed E-state index contributed by atoms with van der Waals surface area (Å²) in [6, 6.07) is 8.92. The van der Waals surface area contributed by atoms with Crippen molar-refractivity contribution in [3.8, 4) is 0 Å². The quantitative estimate of drug-likeness (QED) is 0.894. The van der Waals surface area contributed by atoms with Gasteiger partial charge in [0.15, 0.2) is 0 Å². The lowest BCUT2D eigenvalue weighted by Crippen LogP contribution is -2.60. The SMILES string of the molecule is CCOC1CC(NCc2ccccc2Br)C1(C)C. The Morgan fingerprint density at radius 3 is 2.72 bits per heavy atom. The Balaban J connectivity index is 1.88. The lowest BCUT2D eigenvalue weighted by atomic mass is 9.64. The Kier molecular flexibility index (Phi) is 4.46. The summed E-state index contributed by atoms with van der Waals surface area (Å²) in [4.78, 5) is 0. The maximum absolute atomic E-state index is 5.75. The predicted molar refractivity (Wildman–Crippen MR) is 78.6 cm³/mol. The molecule has 0 aromatic heterocycles. The third-order valence-corrected chi connectivity index (χ3v) is 4.82. The van der Waals surface area contributed by atoms with Gasteiger partial charge in [-0.15, -0.1) is 0 Å². The van der Waals surface area contributed by atoms with Gasteiger partial charge in [-0.05, 0) is 25.0 Å². The van der Waals surface area contributed by atoms with Crippen LogP contribution in [0.3, 0.4) is 0 Å². The highest BCUT2D eigenvalue weighted by Gasteiger charge is 2.48. The molecular weight excluding hydrogens is 290 g/mol. The third-order valence-electron chi connectivity index (χ3n) is 4.04. The number of nitrogens with one attached hydrogen (secondary N) is 1. The molecule has 0 saturated heterocycles. The van der Waals surface area contributed by atoms with Crippen LogP contribution in [0.4, 0.5) is 0 Å². The summed E-state index contributed by atoms with van der Waals surface area (Å²) < 4.78 is 6.93. The van der Waals surface area contributed by atoms with Crippen LogP contribution in [-0.4, -0.2) is 18.8 Å². The fourth-order valence-corrected chi connectivity index (χ4v) is 3.02. The van der Waals surface area contributed by atoms with Crippen molar-refractivity contribution in [2.24, 2.45) is 5.41 Å². The average Bonchev–Trinajstić information content (AvgIpc) is 2.35. The highest BCUT2D eigenvalue weighted by Crippen LogP contribution is 2.42. The zero-order chi connectivity index (χ0) is 13.2. The first-order valence-electron chi connectivity index (χ1n) is 6.64. The van der Waals surface area contributed by atoms with Gasteiger partial charge >= 0.3 is 0 Å². The molecule has 2 atom stereocenters. The van der Waals surface area contributed by atoms with E-state index < -0.39 is 0 Å². The predicted octanol–water partition coefficient (Wildman–Crippen LogP) is 3.74. The van der Waals surface area contributed by atoms with Gasteiger partial charge in [0, 0.05) is 29.1 Å². The molecule has 2 rings (SSSR count). The van der Waals surface area contributed by atoms with E-state index in [2.05, 4.69) is 60.2 Å². The zero-order valence-corrected chi connectivity index (χ0v) is 13.0. The van der Waals surface area contributed by atoms with Crippen LogP contribution in [0.1, 0.15) is 32.8 Å². The van der Waals surface area contributed by atoms with E-state index in [1.165, 1.54) is 10.0 Å². The van der Waals surface area contributed by atoms with Crippen LogP contribution in [0.5, 0.6) is 0 Å². The van der Waals surface area contributed by atoms with Gasteiger partial charge in [-0.3, -0.25) is 0 Å². The molecule has 1 saturated carbocycles. The molecule has 0 spiro atoms. The van der Waals surface area contributed by atoms with Crippen LogP contribution in [0, 0.1) is 5.41 Å². The molecule has 1 aliphatic rings. The van der Waals surface area contributed by atoms with E-state index in [9.17, 15) is 0 Å². The summed E-state index contributed by atoms with van der Waals surface area (Å²) in [6.45, 7) is 8.36. The molecule has 1 N–H and O–H groups in total. The fraction of sp³-hybridized carbons (Fsp3) is 0.600. The van der Waals surface area contributed by atoms with E-state index >= 15 is 0 Å². The molecule has 0 radical (unpaired) electrons.